The second-order valence-electron chi connectivity index (χ2n) is 4.71. The van der Waals surface area contributed by atoms with Gasteiger partial charge in [-0.2, -0.15) is 0 Å². The van der Waals surface area contributed by atoms with E-state index in [1.54, 1.807) is 7.11 Å². The van der Waals surface area contributed by atoms with Crippen LogP contribution in [0.15, 0.2) is 0 Å². The lowest BCUT2D eigenvalue weighted by Gasteiger charge is -2.30. The van der Waals surface area contributed by atoms with Gasteiger partial charge in [0.05, 0.1) is 13.2 Å². The zero-order valence-corrected chi connectivity index (χ0v) is 11.4. The van der Waals surface area contributed by atoms with Crippen LogP contribution in [-0.2, 0) is 9.53 Å². The monoisotopic (exact) mass is 242 g/mol. The molecule has 1 fully saturated rings. The minimum Gasteiger partial charge on any atom is -0.383 e. The zero-order valence-electron chi connectivity index (χ0n) is 11.4. The lowest BCUT2D eigenvalue weighted by Crippen LogP contribution is -2.46. The molecule has 0 unspecified atom stereocenters. The molecule has 0 atom stereocenters. The summed E-state index contributed by atoms with van der Waals surface area (Å²) in [5, 5.41) is 3.28. The Labute approximate surface area is 105 Å². The van der Waals surface area contributed by atoms with Crippen LogP contribution in [-0.4, -0.2) is 49.7 Å². The van der Waals surface area contributed by atoms with Gasteiger partial charge in [-0.3, -0.25) is 4.79 Å². The van der Waals surface area contributed by atoms with Crippen LogP contribution in [0.5, 0.6) is 0 Å². The van der Waals surface area contributed by atoms with Gasteiger partial charge in [0.25, 0.3) is 0 Å². The highest BCUT2D eigenvalue weighted by Gasteiger charge is 2.25. The Morgan fingerprint density at radius 3 is 2.53 bits per heavy atom. The van der Waals surface area contributed by atoms with Crippen molar-refractivity contribution in [2.75, 3.05) is 26.8 Å². The van der Waals surface area contributed by atoms with Crippen molar-refractivity contribution in [3.63, 3.8) is 0 Å². The van der Waals surface area contributed by atoms with Crippen molar-refractivity contribution in [2.45, 2.75) is 51.6 Å². The molecule has 0 aliphatic heterocycles. The number of rotatable bonds is 9. The highest BCUT2D eigenvalue weighted by Crippen LogP contribution is 2.18. The third kappa shape index (κ3) is 5.04. The second-order valence-corrected chi connectivity index (χ2v) is 4.71. The van der Waals surface area contributed by atoms with E-state index in [9.17, 15) is 4.79 Å². The lowest BCUT2D eigenvalue weighted by molar-refractivity contribution is -0.133. The van der Waals surface area contributed by atoms with Gasteiger partial charge in [-0.05, 0) is 25.7 Å². The molecule has 1 amide bonds. The summed E-state index contributed by atoms with van der Waals surface area (Å²) in [6.07, 6.45) is 4.46. The predicted molar refractivity (Wildman–Crippen MR) is 69.0 cm³/mol. The lowest BCUT2D eigenvalue weighted by atomic mass is 10.1. The summed E-state index contributed by atoms with van der Waals surface area (Å²) in [5.74, 6) is 0.211. The molecule has 1 saturated carbocycles. The van der Waals surface area contributed by atoms with E-state index in [1.165, 1.54) is 12.8 Å². The van der Waals surface area contributed by atoms with Crippen LogP contribution in [0.3, 0.4) is 0 Å². The van der Waals surface area contributed by atoms with E-state index in [-0.39, 0.29) is 5.91 Å². The SMILES string of the molecule is CCC(CC)N(CCOC)C(=O)CNC1CC1. The van der Waals surface area contributed by atoms with Gasteiger partial charge in [0.15, 0.2) is 0 Å². The first-order chi connectivity index (χ1) is 8.22. The van der Waals surface area contributed by atoms with Crippen LogP contribution in [0.2, 0.25) is 0 Å². The van der Waals surface area contributed by atoms with Crippen LogP contribution >= 0.6 is 0 Å². The molecular formula is C13H26N2O2. The number of nitrogens with zero attached hydrogens (tertiary/aromatic N) is 1. The van der Waals surface area contributed by atoms with Crippen molar-refractivity contribution in [3.05, 3.63) is 0 Å². The van der Waals surface area contributed by atoms with Gasteiger partial charge < -0.3 is 15.0 Å². The Bertz CT molecular complexity index is 225. The Kier molecular flexibility index (Phi) is 6.52. The van der Waals surface area contributed by atoms with Crippen LogP contribution in [0, 0.1) is 0 Å². The predicted octanol–water partition coefficient (Wildman–Crippen LogP) is 1.40. The van der Waals surface area contributed by atoms with Gasteiger partial charge in [-0.15, -0.1) is 0 Å². The van der Waals surface area contributed by atoms with Crippen molar-refractivity contribution in [1.82, 2.24) is 10.2 Å². The van der Waals surface area contributed by atoms with E-state index in [0.717, 1.165) is 12.8 Å². The summed E-state index contributed by atoms with van der Waals surface area (Å²) in [7, 11) is 1.68. The molecule has 1 aliphatic carbocycles. The molecule has 0 bridgehead atoms. The molecule has 0 aromatic carbocycles. The van der Waals surface area contributed by atoms with E-state index < -0.39 is 0 Å². The zero-order chi connectivity index (χ0) is 12.7. The summed E-state index contributed by atoms with van der Waals surface area (Å²) in [6, 6.07) is 0.934. The van der Waals surface area contributed by atoms with Crippen LogP contribution in [0.4, 0.5) is 0 Å². The maximum Gasteiger partial charge on any atom is 0.236 e. The highest BCUT2D eigenvalue weighted by molar-refractivity contribution is 5.78. The molecule has 0 heterocycles. The van der Waals surface area contributed by atoms with Crippen molar-refractivity contribution in [3.8, 4) is 0 Å². The smallest absolute Gasteiger partial charge is 0.236 e. The van der Waals surface area contributed by atoms with Crippen molar-refractivity contribution in [1.29, 1.82) is 0 Å². The fourth-order valence-electron chi connectivity index (χ4n) is 2.05. The van der Waals surface area contributed by atoms with E-state index in [4.69, 9.17) is 4.74 Å². The molecule has 100 valence electrons. The molecule has 4 heteroatoms. The summed E-state index contributed by atoms with van der Waals surface area (Å²) >= 11 is 0. The molecule has 17 heavy (non-hydrogen) atoms. The molecule has 1 aliphatic rings. The maximum absolute atomic E-state index is 12.1. The molecule has 0 aromatic rings. The van der Waals surface area contributed by atoms with Crippen LogP contribution in [0.25, 0.3) is 0 Å². The number of carbonyl (C=O) groups excluding carboxylic acids is 1. The van der Waals surface area contributed by atoms with E-state index >= 15 is 0 Å². The molecule has 0 saturated heterocycles. The maximum atomic E-state index is 12.1. The number of methoxy groups -OCH3 is 1. The number of nitrogens with one attached hydrogen (secondary N) is 1. The fraction of sp³-hybridized carbons (Fsp3) is 0.923. The number of hydrogen-bond acceptors (Lipinski definition) is 3. The Balaban J connectivity index is 2.42. The van der Waals surface area contributed by atoms with Crippen molar-refractivity contribution >= 4 is 5.91 Å². The molecule has 1 rings (SSSR count). The summed E-state index contributed by atoms with van der Waals surface area (Å²) in [5.41, 5.74) is 0. The third-order valence-electron chi connectivity index (χ3n) is 3.36. The van der Waals surface area contributed by atoms with Crippen LogP contribution in [0.1, 0.15) is 39.5 Å². The Morgan fingerprint density at radius 2 is 2.06 bits per heavy atom. The molecule has 1 N–H and O–H groups in total. The Morgan fingerprint density at radius 1 is 1.41 bits per heavy atom. The van der Waals surface area contributed by atoms with Gasteiger partial charge in [0.1, 0.15) is 0 Å². The third-order valence-corrected chi connectivity index (χ3v) is 3.36. The molecule has 0 aromatic heterocycles. The van der Waals surface area contributed by atoms with Crippen LogP contribution < -0.4 is 5.32 Å². The normalized spacial score (nSPS) is 15.3. The van der Waals surface area contributed by atoms with Crippen molar-refractivity contribution < 1.29 is 9.53 Å². The quantitative estimate of drug-likeness (QED) is 0.664. The van der Waals surface area contributed by atoms with Gasteiger partial charge in [0, 0.05) is 25.7 Å². The molecule has 0 radical (unpaired) electrons. The summed E-state index contributed by atoms with van der Waals surface area (Å²) in [6.45, 7) is 6.07. The number of hydrogen-bond donors (Lipinski definition) is 1. The first kappa shape index (κ1) is 14.5. The Hall–Kier alpha value is -0.610. The first-order valence-electron chi connectivity index (χ1n) is 6.74. The van der Waals surface area contributed by atoms with Gasteiger partial charge in [-0.1, -0.05) is 13.8 Å². The average molecular weight is 242 g/mol. The topological polar surface area (TPSA) is 41.6 Å². The largest absolute Gasteiger partial charge is 0.383 e. The first-order valence-corrected chi connectivity index (χ1v) is 6.74. The minimum atomic E-state index is 0.211. The summed E-state index contributed by atoms with van der Waals surface area (Å²) < 4.78 is 5.09. The van der Waals surface area contributed by atoms with Gasteiger partial charge in [-0.25, -0.2) is 0 Å². The molecular weight excluding hydrogens is 216 g/mol. The van der Waals surface area contributed by atoms with Gasteiger partial charge in [0.2, 0.25) is 5.91 Å². The van der Waals surface area contributed by atoms with Crippen molar-refractivity contribution in [2.24, 2.45) is 0 Å². The number of amides is 1. The number of ether oxygens (including phenoxy) is 1. The van der Waals surface area contributed by atoms with Gasteiger partial charge >= 0.3 is 0 Å². The fourth-order valence-corrected chi connectivity index (χ4v) is 2.05. The van der Waals surface area contributed by atoms with E-state index in [1.807, 2.05) is 4.90 Å². The molecule has 4 nitrogen and oxygen atoms in total. The summed E-state index contributed by atoms with van der Waals surface area (Å²) in [4.78, 5) is 14.1. The average Bonchev–Trinajstić information content (AvgIpc) is 3.15. The standard InChI is InChI=1S/C13H26N2O2/c1-4-12(5-2)15(8-9-17-3)13(16)10-14-11-6-7-11/h11-12,14H,4-10H2,1-3H3. The minimum absolute atomic E-state index is 0.211. The van der Waals surface area contributed by atoms with E-state index in [0.29, 0.717) is 31.8 Å². The van der Waals surface area contributed by atoms with E-state index in [2.05, 4.69) is 19.2 Å². The number of carbonyl (C=O) groups is 1. The highest BCUT2D eigenvalue weighted by atomic mass is 16.5. The second kappa shape index (κ2) is 7.67. The molecule has 0 spiro atoms.